The van der Waals surface area contributed by atoms with Crippen molar-refractivity contribution in [1.82, 2.24) is 10.2 Å². The van der Waals surface area contributed by atoms with Crippen molar-refractivity contribution in [2.75, 3.05) is 18.8 Å². The van der Waals surface area contributed by atoms with E-state index in [1.54, 1.807) is 12.1 Å². The Hall–Kier alpha value is -2.33. The van der Waals surface area contributed by atoms with Crippen LogP contribution in [0, 0.1) is 17.1 Å². The second kappa shape index (κ2) is 7.70. The lowest BCUT2D eigenvalue weighted by Gasteiger charge is -2.25. The second-order valence-electron chi connectivity index (χ2n) is 6.09. The number of allylic oxidation sites excluding steroid dienone is 1. The van der Waals surface area contributed by atoms with Gasteiger partial charge in [-0.15, -0.1) is 0 Å². The topological polar surface area (TPSA) is 73.2 Å². The van der Waals surface area contributed by atoms with Gasteiger partial charge in [0.05, 0.1) is 22.4 Å². The molecule has 130 valence electrons. The van der Waals surface area contributed by atoms with Crippen LogP contribution in [-0.4, -0.2) is 35.6 Å². The zero-order valence-electron chi connectivity index (χ0n) is 13.6. The molecule has 1 aromatic rings. The summed E-state index contributed by atoms with van der Waals surface area (Å²) in [6.45, 7) is 1.54. The Morgan fingerprint density at radius 2 is 2.00 bits per heavy atom. The number of rotatable bonds is 4. The summed E-state index contributed by atoms with van der Waals surface area (Å²) in [5.74, 6) is -0.771. The number of carbonyl (C=O) groups is 2. The van der Waals surface area contributed by atoms with Crippen LogP contribution in [0.4, 0.5) is 4.39 Å². The molecule has 0 aromatic heterocycles. The molecule has 1 fully saturated rings. The monoisotopic (exact) mass is 359 g/mol. The summed E-state index contributed by atoms with van der Waals surface area (Å²) >= 11 is 1.19. The highest BCUT2D eigenvalue weighted by Crippen LogP contribution is 2.36. The third kappa shape index (κ3) is 4.02. The van der Waals surface area contributed by atoms with Gasteiger partial charge in [0.15, 0.2) is 0 Å². The van der Waals surface area contributed by atoms with E-state index in [1.165, 1.54) is 23.9 Å². The number of nitriles is 1. The molecule has 2 heterocycles. The maximum atomic E-state index is 13.1. The van der Waals surface area contributed by atoms with Crippen LogP contribution in [0.5, 0.6) is 0 Å². The Labute approximate surface area is 149 Å². The van der Waals surface area contributed by atoms with E-state index < -0.39 is 5.92 Å². The fraction of sp³-hybridized carbons (Fsp3) is 0.389. The largest absolute Gasteiger partial charge is 0.342 e. The van der Waals surface area contributed by atoms with Crippen molar-refractivity contribution in [2.24, 2.45) is 0 Å². The first-order chi connectivity index (χ1) is 12.1. The maximum absolute atomic E-state index is 13.1. The summed E-state index contributed by atoms with van der Waals surface area (Å²) in [6, 6.07) is 7.98. The molecule has 2 aliphatic heterocycles. The van der Waals surface area contributed by atoms with Crippen molar-refractivity contribution < 1.29 is 14.0 Å². The van der Waals surface area contributed by atoms with Crippen LogP contribution in [0.2, 0.25) is 0 Å². The Balaban J connectivity index is 1.79. The molecule has 1 saturated heterocycles. The number of thioether (sulfide) groups is 1. The SMILES string of the molecule is N#CC1=C(SCC(=O)N2CCCC2)NC(=O)C[C@@H]1c1ccc(F)cc1. The number of hydrogen-bond acceptors (Lipinski definition) is 4. The van der Waals surface area contributed by atoms with E-state index >= 15 is 0 Å². The van der Waals surface area contributed by atoms with Gasteiger partial charge >= 0.3 is 0 Å². The third-order valence-corrected chi connectivity index (χ3v) is 5.43. The summed E-state index contributed by atoms with van der Waals surface area (Å²) in [7, 11) is 0. The first-order valence-electron chi connectivity index (χ1n) is 8.18. The summed E-state index contributed by atoms with van der Waals surface area (Å²) in [6.07, 6.45) is 2.18. The van der Waals surface area contributed by atoms with Gasteiger partial charge in [-0.2, -0.15) is 5.26 Å². The van der Waals surface area contributed by atoms with Crippen LogP contribution in [0.25, 0.3) is 0 Å². The highest BCUT2D eigenvalue weighted by molar-refractivity contribution is 8.03. The molecule has 1 atom stereocenters. The van der Waals surface area contributed by atoms with E-state index in [0.29, 0.717) is 10.6 Å². The number of halogens is 1. The van der Waals surface area contributed by atoms with Crippen LogP contribution >= 0.6 is 11.8 Å². The summed E-state index contributed by atoms with van der Waals surface area (Å²) in [4.78, 5) is 26.1. The van der Waals surface area contributed by atoms with Gasteiger partial charge in [0.25, 0.3) is 0 Å². The predicted molar refractivity (Wildman–Crippen MR) is 92.8 cm³/mol. The number of carbonyl (C=O) groups excluding carboxylic acids is 2. The number of nitrogens with zero attached hydrogens (tertiary/aromatic N) is 2. The Kier molecular flexibility index (Phi) is 5.39. The van der Waals surface area contributed by atoms with Gasteiger partial charge < -0.3 is 10.2 Å². The molecule has 0 unspecified atom stereocenters. The molecule has 0 bridgehead atoms. The van der Waals surface area contributed by atoms with Gasteiger partial charge in [0.1, 0.15) is 5.82 Å². The van der Waals surface area contributed by atoms with E-state index in [1.807, 2.05) is 4.90 Å². The quantitative estimate of drug-likeness (QED) is 0.897. The summed E-state index contributed by atoms with van der Waals surface area (Å²) < 4.78 is 13.1. The van der Waals surface area contributed by atoms with Crippen molar-refractivity contribution >= 4 is 23.6 Å². The van der Waals surface area contributed by atoms with Crippen molar-refractivity contribution in [1.29, 1.82) is 5.26 Å². The number of benzene rings is 1. The molecular weight excluding hydrogens is 341 g/mol. The van der Waals surface area contributed by atoms with E-state index in [9.17, 15) is 19.2 Å². The first-order valence-corrected chi connectivity index (χ1v) is 9.17. The standard InChI is InChI=1S/C18H18FN3O2S/c19-13-5-3-12(4-6-13)14-9-16(23)21-18(15(14)10-20)25-11-17(24)22-7-1-2-8-22/h3-6,14H,1-2,7-9,11H2,(H,21,23)/t14-/m1/s1. The van der Waals surface area contributed by atoms with E-state index in [0.717, 1.165) is 31.5 Å². The Morgan fingerprint density at radius 3 is 2.64 bits per heavy atom. The molecule has 1 N–H and O–H groups in total. The van der Waals surface area contributed by atoms with E-state index in [4.69, 9.17) is 0 Å². The average molecular weight is 359 g/mol. The molecule has 3 rings (SSSR count). The van der Waals surface area contributed by atoms with Gasteiger partial charge in [-0.1, -0.05) is 23.9 Å². The van der Waals surface area contributed by atoms with Crippen LogP contribution in [0.1, 0.15) is 30.7 Å². The third-order valence-electron chi connectivity index (χ3n) is 4.43. The van der Waals surface area contributed by atoms with Crippen LogP contribution in [0.15, 0.2) is 34.9 Å². The maximum Gasteiger partial charge on any atom is 0.232 e. The lowest BCUT2D eigenvalue weighted by molar-refractivity contribution is -0.127. The molecule has 2 amide bonds. The highest BCUT2D eigenvalue weighted by Gasteiger charge is 2.30. The van der Waals surface area contributed by atoms with Crippen molar-refractivity contribution in [3.8, 4) is 6.07 Å². The number of nitrogens with one attached hydrogen (secondary N) is 1. The molecule has 5 nitrogen and oxygen atoms in total. The van der Waals surface area contributed by atoms with Gasteiger partial charge in [-0.05, 0) is 30.5 Å². The number of amides is 2. The van der Waals surface area contributed by atoms with Gasteiger partial charge in [-0.3, -0.25) is 9.59 Å². The predicted octanol–water partition coefficient (Wildman–Crippen LogP) is 2.52. The van der Waals surface area contributed by atoms with E-state index in [-0.39, 0.29) is 29.8 Å². The van der Waals surface area contributed by atoms with Crippen molar-refractivity contribution in [3.05, 3.63) is 46.2 Å². The van der Waals surface area contributed by atoms with Crippen LogP contribution in [0.3, 0.4) is 0 Å². The van der Waals surface area contributed by atoms with Crippen molar-refractivity contribution in [3.63, 3.8) is 0 Å². The number of hydrogen-bond donors (Lipinski definition) is 1. The fourth-order valence-electron chi connectivity index (χ4n) is 3.10. The molecular formula is C18H18FN3O2S. The second-order valence-corrected chi connectivity index (χ2v) is 7.07. The molecule has 25 heavy (non-hydrogen) atoms. The van der Waals surface area contributed by atoms with Gasteiger partial charge in [0, 0.05) is 25.4 Å². The Bertz CT molecular complexity index is 749. The lowest BCUT2D eigenvalue weighted by Crippen LogP contribution is -2.33. The summed E-state index contributed by atoms with van der Waals surface area (Å²) in [5, 5.41) is 12.7. The number of likely N-dealkylation sites (tertiary alicyclic amines) is 1. The van der Waals surface area contributed by atoms with Gasteiger partial charge in [0.2, 0.25) is 11.8 Å². The summed E-state index contributed by atoms with van der Waals surface area (Å²) in [5.41, 5.74) is 1.14. The molecule has 0 aliphatic carbocycles. The molecule has 0 saturated carbocycles. The minimum atomic E-state index is -0.413. The zero-order valence-corrected chi connectivity index (χ0v) is 14.4. The van der Waals surface area contributed by atoms with Gasteiger partial charge in [-0.25, -0.2) is 4.39 Å². The fourth-order valence-corrected chi connectivity index (χ4v) is 4.08. The molecule has 1 aromatic carbocycles. The minimum Gasteiger partial charge on any atom is -0.342 e. The lowest BCUT2D eigenvalue weighted by atomic mass is 9.87. The first kappa shape index (κ1) is 17.5. The van der Waals surface area contributed by atoms with Crippen molar-refractivity contribution in [2.45, 2.75) is 25.2 Å². The molecule has 0 radical (unpaired) electrons. The molecule has 2 aliphatic rings. The molecule has 7 heteroatoms. The van der Waals surface area contributed by atoms with Crippen LogP contribution in [-0.2, 0) is 9.59 Å². The minimum absolute atomic E-state index is 0.0189. The zero-order chi connectivity index (χ0) is 17.8. The highest BCUT2D eigenvalue weighted by atomic mass is 32.2. The molecule has 0 spiro atoms. The van der Waals surface area contributed by atoms with Crippen LogP contribution < -0.4 is 5.32 Å². The Morgan fingerprint density at radius 1 is 1.32 bits per heavy atom. The average Bonchev–Trinajstić information content (AvgIpc) is 3.14. The normalized spacial score (nSPS) is 20.4. The smallest absolute Gasteiger partial charge is 0.232 e. The van der Waals surface area contributed by atoms with E-state index in [2.05, 4.69) is 11.4 Å².